The quantitative estimate of drug-likeness (QED) is 0.765. The van der Waals surface area contributed by atoms with Crippen LogP contribution in [0.5, 0.6) is 5.75 Å². The highest BCUT2D eigenvalue weighted by Crippen LogP contribution is 2.34. The topological polar surface area (TPSA) is 35.2 Å². The standard InChI is InChI=1S/C14H14Cl3NOS/c1-2-11(18)14(12-3-4-13(17)20-12)19-10-6-8(15)5-9(16)7-10/h3-7,11,14H,2,18H2,1H3. The molecule has 0 aliphatic carbocycles. The summed E-state index contributed by atoms with van der Waals surface area (Å²) >= 11 is 19.4. The van der Waals surface area contributed by atoms with E-state index in [4.69, 9.17) is 45.3 Å². The van der Waals surface area contributed by atoms with Crippen LogP contribution >= 0.6 is 46.1 Å². The van der Waals surface area contributed by atoms with Gasteiger partial charge in [-0.3, -0.25) is 0 Å². The van der Waals surface area contributed by atoms with Gasteiger partial charge in [0.2, 0.25) is 0 Å². The lowest BCUT2D eigenvalue weighted by molar-refractivity contribution is 0.174. The molecule has 0 spiro atoms. The number of hydrogen-bond donors (Lipinski definition) is 1. The highest BCUT2D eigenvalue weighted by molar-refractivity contribution is 7.16. The van der Waals surface area contributed by atoms with Crippen LogP contribution < -0.4 is 10.5 Å². The molecule has 20 heavy (non-hydrogen) atoms. The Balaban J connectivity index is 2.28. The molecule has 2 unspecified atom stereocenters. The summed E-state index contributed by atoms with van der Waals surface area (Å²) in [6.07, 6.45) is 0.515. The molecule has 2 aromatic rings. The number of thiophene rings is 1. The summed E-state index contributed by atoms with van der Waals surface area (Å²) in [5.41, 5.74) is 6.16. The second kappa shape index (κ2) is 7.01. The maximum Gasteiger partial charge on any atom is 0.148 e. The predicted molar refractivity (Wildman–Crippen MR) is 87.4 cm³/mol. The third-order valence-corrected chi connectivity index (χ3v) is 4.56. The molecular weight excluding hydrogens is 337 g/mol. The molecule has 0 aliphatic rings. The van der Waals surface area contributed by atoms with Gasteiger partial charge in [-0.2, -0.15) is 0 Å². The Bertz CT molecular complexity index is 567. The average molecular weight is 351 g/mol. The minimum atomic E-state index is -0.271. The zero-order valence-electron chi connectivity index (χ0n) is 10.8. The first-order valence-corrected chi connectivity index (χ1v) is 8.08. The van der Waals surface area contributed by atoms with Gasteiger partial charge in [0.05, 0.1) is 4.34 Å². The van der Waals surface area contributed by atoms with Crippen LogP contribution in [0.25, 0.3) is 0 Å². The fourth-order valence-corrected chi connectivity index (χ4v) is 3.47. The zero-order valence-corrected chi connectivity index (χ0v) is 13.9. The molecule has 108 valence electrons. The van der Waals surface area contributed by atoms with Crippen LogP contribution in [0.4, 0.5) is 0 Å². The van der Waals surface area contributed by atoms with Gasteiger partial charge in [-0.05, 0) is 36.8 Å². The number of hydrogen-bond acceptors (Lipinski definition) is 3. The minimum Gasteiger partial charge on any atom is -0.483 e. The molecule has 0 fully saturated rings. The number of rotatable bonds is 5. The van der Waals surface area contributed by atoms with Gasteiger partial charge >= 0.3 is 0 Å². The molecule has 2 atom stereocenters. The molecule has 0 bridgehead atoms. The van der Waals surface area contributed by atoms with Crippen LogP contribution in [0.1, 0.15) is 24.3 Å². The summed E-state index contributed by atoms with van der Waals surface area (Å²) in [5, 5.41) is 1.06. The van der Waals surface area contributed by atoms with Gasteiger partial charge in [0.25, 0.3) is 0 Å². The number of halogens is 3. The number of nitrogens with two attached hydrogens (primary N) is 1. The van der Waals surface area contributed by atoms with Gasteiger partial charge in [0.1, 0.15) is 11.9 Å². The van der Waals surface area contributed by atoms with E-state index in [1.54, 1.807) is 18.2 Å². The van der Waals surface area contributed by atoms with E-state index in [1.807, 2.05) is 19.1 Å². The van der Waals surface area contributed by atoms with Crippen molar-refractivity contribution in [3.05, 3.63) is 49.6 Å². The molecule has 0 saturated heterocycles. The van der Waals surface area contributed by atoms with Crippen LogP contribution in [-0.4, -0.2) is 6.04 Å². The van der Waals surface area contributed by atoms with Crippen LogP contribution in [0.3, 0.4) is 0 Å². The van der Waals surface area contributed by atoms with Crippen molar-refractivity contribution in [1.29, 1.82) is 0 Å². The third-order valence-electron chi connectivity index (χ3n) is 2.83. The first-order chi connectivity index (χ1) is 9.49. The van der Waals surface area contributed by atoms with Crippen LogP contribution in [-0.2, 0) is 0 Å². The normalized spacial score (nSPS) is 14.1. The van der Waals surface area contributed by atoms with E-state index >= 15 is 0 Å². The molecule has 2 N–H and O–H groups in total. The molecule has 0 radical (unpaired) electrons. The molecule has 0 aliphatic heterocycles. The first-order valence-electron chi connectivity index (χ1n) is 6.13. The summed E-state index contributed by atoms with van der Waals surface area (Å²) in [6, 6.07) is 8.73. The lowest BCUT2D eigenvalue weighted by Crippen LogP contribution is -2.30. The fourth-order valence-electron chi connectivity index (χ4n) is 1.79. The van der Waals surface area contributed by atoms with E-state index in [0.717, 1.165) is 11.3 Å². The van der Waals surface area contributed by atoms with Gasteiger partial charge in [0.15, 0.2) is 0 Å². The SMILES string of the molecule is CCC(N)C(Oc1cc(Cl)cc(Cl)c1)c1ccc(Cl)s1. The lowest BCUT2D eigenvalue weighted by Gasteiger charge is -2.23. The zero-order chi connectivity index (χ0) is 14.7. The Labute approximate surface area is 137 Å². The molecular formula is C14H14Cl3NOS. The van der Waals surface area contributed by atoms with Gasteiger partial charge in [0, 0.05) is 21.0 Å². The smallest absolute Gasteiger partial charge is 0.148 e. The van der Waals surface area contributed by atoms with Gasteiger partial charge < -0.3 is 10.5 Å². The Morgan fingerprint density at radius 1 is 1.15 bits per heavy atom. The van der Waals surface area contributed by atoms with Crippen molar-refractivity contribution < 1.29 is 4.74 Å². The van der Waals surface area contributed by atoms with Crippen molar-refractivity contribution in [1.82, 2.24) is 0 Å². The van der Waals surface area contributed by atoms with E-state index < -0.39 is 0 Å². The first kappa shape index (κ1) is 15.9. The van der Waals surface area contributed by atoms with Gasteiger partial charge in [-0.15, -0.1) is 11.3 Å². The molecule has 6 heteroatoms. The van der Waals surface area contributed by atoms with Crippen molar-refractivity contribution in [3.8, 4) is 5.75 Å². The van der Waals surface area contributed by atoms with Gasteiger partial charge in [-0.1, -0.05) is 41.7 Å². The average Bonchev–Trinajstić information content (AvgIpc) is 2.80. The van der Waals surface area contributed by atoms with Crippen molar-refractivity contribution in [2.75, 3.05) is 0 Å². The molecule has 0 saturated carbocycles. The van der Waals surface area contributed by atoms with Gasteiger partial charge in [-0.25, -0.2) is 0 Å². The molecule has 2 nitrogen and oxygen atoms in total. The second-order valence-electron chi connectivity index (χ2n) is 4.36. The summed E-state index contributed by atoms with van der Waals surface area (Å²) in [4.78, 5) is 0.987. The molecule has 1 aromatic carbocycles. The maximum absolute atomic E-state index is 6.16. The Morgan fingerprint density at radius 3 is 2.30 bits per heavy atom. The van der Waals surface area contributed by atoms with Crippen molar-refractivity contribution in [3.63, 3.8) is 0 Å². The van der Waals surface area contributed by atoms with E-state index in [-0.39, 0.29) is 12.1 Å². The minimum absolute atomic E-state index is 0.137. The Hall–Kier alpha value is -0.450. The van der Waals surface area contributed by atoms with Crippen molar-refractivity contribution >= 4 is 46.1 Å². The molecule has 2 rings (SSSR count). The number of benzene rings is 1. The van der Waals surface area contributed by atoms with E-state index in [1.165, 1.54) is 11.3 Å². The summed E-state index contributed by atoms with van der Waals surface area (Å²) in [5.74, 6) is 0.598. The highest BCUT2D eigenvalue weighted by Gasteiger charge is 2.22. The van der Waals surface area contributed by atoms with E-state index in [9.17, 15) is 0 Å². The molecule has 1 aromatic heterocycles. The third kappa shape index (κ3) is 4.03. The Morgan fingerprint density at radius 2 is 1.80 bits per heavy atom. The van der Waals surface area contributed by atoms with Crippen molar-refractivity contribution in [2.24, 2.45) is 5.73 Å². The number of ether oxygens (including phenoxy) is 1. The summed E-state index contributed by atoms with van der Waals surface area (Å²) < 4.78 is 6.70. The lowest BCUT2D eigenvalue weighted by atomic mass is 10.1. The Kier molecular flexibility index (Phi) is 5.58. The molecule has 1 heterocycles. The highest BCUT2D eigenvalue weighted by atomic mass is 35.5. The predicted octanol–water partition coefficient (Wildman–Crippen LogP) is 5.57. The second-order valence-corrected chi connectivity index (χ2v) is 6.98. The van der Waals surface area contributed by atoms with Crippen LogP contribution in [0.15, 0.2) is 30.3 Å². The maximum atomic E-state index is 6.16. The van der Waals surface area contributed by atoms with E-state index in [0.29, 0.717) is 20.1 Å². The monoisotopic (exact) mass is 349 g/mol. The summed E-state index contributed by atoms with van der Waals surface area (Å²) in [7, 11) is 0. The summed E-state index contributed by atoms with van der Waals surface area (Å²) in [6.45, 7) is 2.02. The fraction of sp³-hybridized carbons (Fsp3) is 0.286. The van der Waals surface area contributed by atoms with E-state index in [2.05, 4.69) is 0 Å². The van der Waals surface area contributed by atoms with Crippen molar-refractivity contribution in [2.45, 2.75) is 25.5 Å². The van der Waals surface area contributed by atoms with Crippen LogP contribution in [0, 0.1) is 0 Å². The molecule has 0 amide bonds. The largest absolute Gasteiger partial charge is 0.483 e. The van der Waals surface area contributed by atoms with Crippen LogP contribution in [0.2, 0.25) is 14.4 Å².